The molecule has 1 saturated carbocycles. The predicted octanol–water partition coefficient (Wildman–Crippen LogP) is 3.88. The first kappa shape index (κ1) is 12.2. The second-order valence-corrected chi connectivity index (χ2v) is 6.13. The van der Waals surface area contributed by atoms with Crippen LogP contribution in [0.25, 0.3) is 0 Å². The molecule has 3 rings (SSSR count). The average molecular weight is 243 g/mol. The molecule has 1 fully saturated rings. The van der Waals surface area contributed by atoms with Crippen LogP contribution in [0.2, 0.25) is 0 Å². The van der Waals surface area contributed by atoms with Gasteiger partial charge >= 0.3 is 0 Å². The minimum absolute atomic E-state index is 0.782. The van der Waals surface area contributed by atoms with E-state index in [1.807, 2.05) is 0 Å². The van der Waals surface area contributed by atoms with Gasteiger partial charge in [-0.15, -0.1) is 0 Å². The Morgan fingerprint density at radius 3 is 2.61 bits per heavy atom. The third kappa shape index (κ3) is 2.47. The summed E-state index contributed by atoms with van der Waals surface area (Å²) in [6.07, 6.45) is 8.33. The maximum absolute atomic E-state index is 3.81. The Bertz CT molecular complexity index is 390. The van der Waals surface area contributed by atoms with Crippen LogP contribution in [0, 0.1) is 5.92 Å². The summed E-state index contributed by atoms with van der Waals surface area (Å²) in [7, 11) is 0. The van der Waals surface area contributed by atoms with Gasteiger partial charge in [0.05, 0.1) is 0 Å². The van der Waals surface area contributed by atoms with Crippen LogP contribution in [0.1, 0.15) is 56.1 Å². The lowest BCUT2D eigenvalue weighted by molar-refractivity contribution is 0.281. The Labute approximate surface area is 111 Å². The summed E-state index contributed by atoms with van der Waals surface area (Å²) >= 11 is 0. The topological polar surface area (TPSA) is 12.0 Å². The van der Waals surface area contributed by atoms with Crippen LogP contribution in [0.15, 0.2) is 24.3 Å². The van der Waals surface area contributed by atoms with E-state index in [2.05, 4.69) is 36.5 Å². The Morgan fingerprint density at radius 1 is 1.11 bits per heavy atom. The molecule has 2 aliphatic rings. The average Bonchev–Trinajstić information content (AvgIpc) is 2.40. The van der Waals surface area contributed by atoms with Crippen LogP contribution in [-0.4, -0.2) is 12.6 Å². The van der Waals surface area contributed by atoms with Crippen LogP contribution < -0.4 is 5.32 Å². The van der Waals surface area contributed by atoms with Crippen molar-refractivity contribution in [3.8, 4) is 0 Å². The van der Waals surface area contributed by atoms with Gasteiger partial charge in [0.15, 0.2) is 0 Å². The summed E-state index contributed by atoms with van der Waals surface area (Å²) in [5.74, 6) is 1.79. The number of fused-ring (bicyclic) bond motifs is 1. The Kier molecular flexibility index (Phi) is 3.69. The van der Waals surface area contributed by atoms with Crippen molar-refractivity contribution in [2.75, 3.05) is 6.54 Å². The van der Waals surface area contributed by atoms with Gasteiger partial charge in [0.2, 0.25) is 0 Å². The molecule has 18 heavy (non-hydrogen) atoms. The first-order valence-electron chi connectivity index (χ1n) is 7.68. The van der Waals surface area contributed by atoms with E-state index in [1.165, 1.54) is 45.1 Å². The third-order valence-electron chi connectivity index (χ3n) is 5.04. The zero-order valence-electron chi connectivity index (χ0n) is 11.5. The molecule has 1 N–H and O–H groups in total. The van der Waals surface area contributed by atoms with E-state index in [4.69, 9.17) is 0 Å². The fourth-order valence-electron chi connectivity index (χ4n) is 3.63. The van der Waals surface area contributed by atoms with Crippen molar-refractivity contribution in [3.63, 3.8) is 0 Å². The van der Waals surface area contributed by atoms with Crippen molar-refractivity contribution < 1.29 is 0 Å². The summed E-state index contributed by atoms with van der Waals surface area (Å²) in [4.78, 5) is 0. The van der Waals surface area contributed by atoms with Crippen molar-refractivity contribution in [1.29, 1.82) is 0 Å². The molecule has 2 aliphatic carbocycles. The molecular weight excluding hydrogens is 218 g/mol. The molecule has 0 radical (unpaired) electrons. The van der Waals surface area contributed by atoms with Gasteiger partial charge in [-0.1, -0.05) is 37.6 Å². The van der Waals surface area contributed by atoms with Gasteiger partial charge in [-0.2, -0.15) is 0 Å². The molecule has 0 aromatic heterocycles. The lowest BCUT2D eigenvalue weighted by atomic mass is 9.77. The molecular formula is C17H25N. The van der Waals surface area contributed by atoms with Crippen molar-refractivity contribution in [2.24, 2.45) is 5.92 Å². The van der Waals surface area contributed by atoms with E-state index >= 15 is 0 Å². The molecule has 0 bridgehead atoms. The number of nitrogens with one attached hydrogen (secondary N) is 1. The smallest absolute Gasteiger partial charge is 0.00675 e. The standard InChI is InChI=1S/C17H25N/c1-2-13-7-9-16(10-8-13)18-12-15-11-14-5-3-4-6-17(14)15/h3-6,13,15-16,18H,2,7-12H2,1H3. The first-order chi connectivity index (χ1) is 8.86. The second kappa shape index (κ2) is 5.44. The highest BCUT2D eigenvalue weighted by molar-refractivity contribution is 5.40. The van der Waals surface area contributed by atoms with E-state index in [0.29, 0.717) is 0 Å². The molecule has 98 valence electrons. The van der Waals surface area contributed by atoms with Crippen LogP contribution in [0.4, 0.5) is 0 Å². The van der Waals surface area contributed by atoms with Crippen LogP contribution in [0.3, 0.4) is 0 Å². The first-order valence-corrected chi connectivity index (χ1v) is 7.68. The molecule has 1 atom stereocenters. The highest BCUT2D eigenvalue weighted by Crippen LogP contribution is 2.34. The lowest BCUT2D eigenvalue weighted by Crippen LogP contribution is -2.38. The largest absolute Gasteiger partial charge is 0.313 e. The summed E-state index contributed by atoms with van der Waals surface area (Å²) in [6, 6.07) is 9.71. The van der Waals surface area contributed by atoms with E-state index in [9.17, 15) is 0 Å². The second-order valence-electron chi connectivity index (χ2n) is 6.13. The zero-order valence-corrected chi connectivity index (χ0v) is 11.5. The minimum Gasteiger partial charge on any atom is -0.313 e. The monoisotopic (exact) mass is 243 g/mol. The van der Waals surface area contributed by atoms with Gasteiger partial charge in [0.25, 0.3) is 0 Å². The maximum atomic E-state index is 3.81. The molecule has 1 aromatic carbocycles. The molecule has 0 saturated heterocycles. The summed E-state index contributed by atoms with van der Waals surface area (Å²) in [6.45, 7) is 3.53. The summed E-state index contributed by atoms with van der Waals surface area (Å²) in [5, 5.41) is 3.81. The molecule has 1 unspecified atom stereocenters. The Morgan fingerprint density at radius 2 is 1.89 bits per heavy atom. The van der Waals surface area contributed by atoms with Gasteiger partial charge in [-0.25, -0.2) is 0 Å². The van der Waals surface area contributed by atoms with E-state index in [0.717, 1.165) is 17.9 Å². The minimum atomic E-state index is 0.782. The van der Waals surface area contributed by atoms with Crippen molar-refractivity contribution in [2.45, 2.75) is 57.4 Å². The van der Waals surface area contributed by atoms with E-state index in [-0.39, 0.29) is 0 Å². The number of hydrogen-bond acceptors (Lipinski definition) is 1. The van der Waals surface area contributed by atoms with Crippen molar-refractivity contribution in [3.05, 3.63) is 35.4 Å². The maximum Gasteiger partial charge on any atom is 0.00675 e. The number of hydrogen-bond donors (Lipinski definition) is 1. The van der Waals surface area contributed by atoms with Gasteiger partial charge in [0, 0.05) is 18.5 Å². The van der Waals surface area contributed by atoms with Crippen LogP contribution in [-0.2, 0) is 6.42 Å². The quantitative estimate of drug-likeness (QED) is 0.846. The fourth-order valence-corrected chi connectivity index (χ4v) is 3.63. The van der Waals surface area contributed by atoms with Gasteiger partial charge in [0.1, 0.15) is 0 Å². The normalized spacial score (nSPS) is 30.6. The van der Waals surface area contributed by atoms with Crippen LogP contribution in [0.5, 0.6) is 0 Å². The zero-order chi connectivity index (χ0) is 12.4. The predicted molar refractivity (Wildman–Crippen MR) is 76.9 cm³/mol. The molecule has 1 heteroatoms. The third-order valence-corrected chi connectivity index (χ3v) is 5.04. The van der Waals surface area contributed by atoms with E-state index in [1.54, 1.807) is 11.1 Å². The Balaban J connectivity index is 1.44. The van der Waals surface area contributed by atoms with E-state index < -0.39 is 0 Å². The molecule has 0 amide bonds. The molecule has 1 nitrogen and oxygen atoms in total. The fraction of sp³-hybridized carbons (Fsp3) is 0.647. The molecule has 0 aliphatic heterocycles. The summed E-state index contributed by atoms with van der Waals surface area (Å²) in [5.41, 5.74) is 3.16. The van der Waals surface area contributed by atoms with Gasteiger partial charge < -0.3 is 5.32 Å². The van der Waals surface area contributed by atoms with Crippen LogP contribution >= 0.6 is 0 Å². The van der Waals surface area contributed by atoms with Crippen molar-refractivity contribution in [1.82, 2.24) is 5.32 Å². The van der Waals surface area contributed by atoms with Crippen molar-refractivity contribution >= 4 is 0 Å². The number of rotatable bonds is 4. The molecule has 1 aromatic rings. The van der Waals surface area contributed by atoms with Gasteiger partial charge in [-0.3, -0.25) is 0 Å². The highest BCUT2D eigenvalue weighted by Gasteiger charge is 2.26. The number of benzene rings is 1. The lowest BCUT2D eigenvalue weighted by Gasteiger charge is -2.34. The summed E-state index contributed by atoms with van der Waals surface area (Å²) < 4.78 is 0. The SMILES string of the molecule is CCC1CCC(NCC2Cc3ccccc32)CC1. The highest BCUT2D eigenvalue weighted by atomic mass is 14.9. The molecule has 0 heterocycles. The molecule has 0 spiro atoms. The Hall–Kier alpha value is -0.820. The van der Waals surface area contributed by atoms with Gasteiger partial charge in [-0.05, 0) is 49.1 Å².